The summed E-state index contributed by atoms with van der Waals surface area (Å²) >= 11 is 5.68. The molecule has 0 bridgehead atoms. The summed E-state index contributed by atoms with van der Waals surface area (Å²) < 4.78 is 0. The second kappa shape index (κ2) is 6.75. The van der Waals surface area contributed by atoms with Crippen LogP contribution in [0.1, 0.15) is 32.4 Å². The topological polar surface area (TPSA) is 29.0 Å². The summed E-state index contributed by atoms with van der Waals surface area (Å²) in [6.45, 7) is 7.47. The average molecular weight is 228 g/mol. The minimum atomic E-state index is 0.455. The summed E-state index contributed by atoms with van der Waals surface area (Å²) in [6, 6.07) is 3.73. The largest absolute Gasteiger partial charge is 0.297 e. The first kappa shape index (κ1) is 12.4. The van der Waals surface area contributed by atoms with Crippen molar-refractivity contribution in [2.24, 2.45) is 0 Å². The van der Waals surface area contributed by atoms with Crippen LogP contribution in [0.15, 0.2) is 12.1 Å². The van der Waals surface area contributed by atoms with Crippen LogP contribution < -0.4 is 0 Å². The molecular weight excluding hydrogens is 210 g/mol. The Kier molecular flexibility index (Phi) is 5.58. The van der Waals surface area contributed by atoms with Gasteiger partial charge in [0.05, 0.1) is 5.69 Å². The lowest BCUT2D eigenvalue weighted by molar-refractivity contribution is 0.262. The van der Waals surface area contributed by atoms with Crippen LogP contribution in [0.25, 0.3) is 0 Å². The zero-order valence-corrected chi connectivity index (χ0v) is 10.2. The van der Waals surface area contributed by atoms with Gasteiger partial charge < -0.3 is 0 Å². The van der Waals surface area contributed by atoms with E-state index in [-0.39, 0.29) is 0 Å². The van der Waals surface area contributed by atoms with E-state index in [1.165, 1.54) is 12.8 Å². The van der Waals surface area contributed by atoms with Crippen LogP contribution in [0.2, 0.25) is 5.15 Å². The molecule has 1 heterocycles. The highest BCUT2D eigenvalue weighted by atomic mass is 35.5. The van der Waals surface area contributed by atoms with Crippen LogP contribution >= 0.6 is 11.6 Å². The molecule has 1 aromatic rings. The molecule has 1 rings (SSSR count). The number of rotatable bonds is 6. The Morgan fingerprint density at radius 1 is 1.13 bits per heavy atom. The van der Waals surface area contributed by atoms with Gasteiger partial charge in [0.2, 0.25) is 0 Å². The normalized spacial score (nSPS) is 10.9. The van der Waals surface area contributed by atoms with Gasteiger partial charge in [-0.25, -0.2) is 0 Å². The second-order valence-corrected chi connectivity index (χ2v) is 4.01. The summed E-state index contributed by atoms with van der Waals surface area (Å²) in [5.74, 6) is 0. The van der Waals surface area contributed by atoms with E-state index in [9.17, 15) is 0 Å². The van der Waals surface area contributed by atoms with Crippen LogP contribution in [-0.2, 0) is 6.54 Å². The molecule has 0 aromatic carbocycles. The van der Waals surface area contributed by atoms with E-state index in [1.807, 2.05) is 6.07 Å². The molecule has 1 aromatic heterocycles. The van der Waals surface area contributed by atoms with Crippen molar-refractivity contribution in [2.45, 2.75) is 33.2 Å². The van der Waals surface area contributed by atoms with Gasteiger partial charge in [-0.05, 0) is 38.1 Å². The molecule has 0 amide bonds. The Morgan fingerprint density at radius 2 is 1.80 bits per heavy atom. The predicted octanol–water partition coefficient (Wildman–Crippen LogP) is 2.75. The number of aromatic nitrogens is 2. The Balaban J connectivity index is 2.53. The highest BCUT2D eigenvalue weighted by Gasteiger charge is 2.05. The van der Waals surface area contributed by atoms with Crippen molar-refractivity contribution in [3.05, 3.63) is 23.0 Å². The number of hydrogen-bond donors (Lipinski definition) is 0. The van der Waals surface area contributed by atoms with E-state index in [0.29, 0.717) is 5.15 Å². The number of hydrogen-bond acceptors (Lipinski definition) is 3. The van der Waals surface area contributed by atoms with E-state index < -0.39 is 0 Å². The van der Waals surface area contributed by atoms with Gasteiger partial charge in [-0.3, -0.25) is 4.90 Å². The number of halogens is 1. The molecule has 0 fully saturated rings. The van der Waals surface area contributed by atoms with Crippen molar-refractivity contribution in [2.75, 3.05) is 13.1 Å². The first-order chi connectivity index (χ1) is 7.26. The van der Waals surface area contributed by atoms with Gasteiger partial charge in [0.25, 0.3) is 0 Å². The van der Waals surface area contributed by atoms with Crippen molar-refractivity contribution in [1.82, 2.24) is 15.1 Å². The molecule has 84 valence electrons. The van der Waals surface area contributed by atoms with E-state index in [1.54, 1.807) is 6.07 Å². The SMILES string of the molecule is CCCN(CCC)Cc1ccc(Cl)nn1. The van der Waals surface area contributed by atoms with Crippen molar-refractivity contribution in [3.63, 3.8) is 0 Å². The van der Waals surface area contributed by atoms with Gasteiger partial charge in [-0.2, -0.15) is 5.10 Å². The third kappa shape index (κ3) is 4.58. The minimum Gasteiger partial charge on any atom is -0.297 e. The Bertz CT molecular complexity index is 268. The predicted molar refractivity (Wildman–Crippen MR) is 62.9 cm³/mol. The Hall–Kier alpha value is -0.670. The molecule has 3 nitrogen and oxygen atoms in total. The van der Waals surface area contributed by atoms with E-state index in [4.69, 9.17) is 11.6 Å². The zero-order valence-electron chi connectivity index (χ0n) is 9.41. The molecule has 0 atom stereocenters. The quantitative estimate of drug-likeness (QED) is 0.749. The Labute approximate surface area is 96.5 Å². The van der Waals surface area contributed by atoms with Gasteiger partial charge in [0.1, 0.15) is 0 Å². The standard InChI is InChI=1S/C11H18ClN3/c1-3-7-15(8-4-2)9-10-5-6-11(12)14-13-10/h5-6H,3-4,7-9H2,1-2H3. The van der Waals surface area contributed by atoms with Crippen LogP contribution in [0.4, 0.5) is 0 Å². The highest BCUT2D eigenvalue weighted by Crippen LogP contribution is 2.06. The van der Waals surface area contributed by atoms with Crippen LogP contribution in [0.5, 0.6) is 0 Å². The molecule has 0 spiro atoms. The highest BCUT2D eigenvalue weighted by molar-refractivity contribution is 6.29. The lowest BCUT2D eigenvalue weighted by atomic mass is 10.3. The van der Waals surface area contributed by atoms with Crippen molar-refractivity contribution < 1.29 is 0 Å². The molecule has 4 heteroatoms. The smallest absolute Gasteiger partial charge is 0.151 e. The lowest BCUT2D eigenvalue weighted by Crippen LogP contribution is -2.25. The zero-order chi connectivity index (χ0) is 11.1. The molecule has 0 aliphatic carbocycles. The van der Waals surface area contributed by atoms with Gasteiger partial charge in [-0.15, -0.1) is 5.10 Å². The van der Waals surface area contributed by atoms with Crippen molar-refractivity contribution in [1.29, 1.82) is 0 Å². The third-order valence-corrected chi connectivity index (χ3v) is 2.35. The molecular formula is C11H18ClN3. The first-order valence-electron chi connectivity index (χ1n) is 5.46. The average Bonchev–Trinajstić information content (AvgIpc) is 2.22. The van der Waals surface area contributed by atoms with Gasteiger partial charge in [-0.1, -0.05) is 25.4 Å². The van der Waals surface area contributed by atoms with Crippen LogP contribution in [-0.4, -0.2) is 28.2 Å². The van der Waals surface area contributed by atoms with Crippen LogP contribution in [0, 0.1) is 0 Å². The van der Waals surface area contributed by atoms with Crippen molar-refractivity contribution >= 4 is 11.6 Å². The third-order valence-electron chi connectivity index (χ3n) is 2.15. The maximum atomic E-state index is 5.68. The fraction of sp³-hybridized carbons (Fsp3) is 0.636. The fourth-order valence-electron chi connectivity index (χ4n) is 1.56. The van der Waals surface area contributed by atoms with Crippen LogP contribution in [0.3, 0.4) is 0 Å². The molecule has 0 aliphatic rings. The van der Waals surface area contributed by atoms with E-state index in [2.05, 4.69) is 28.9 Å². The molecule has 0 unspecified atom stereocenters. The summed E-state index contributed by atoms with van der Waals surface area (Å²) in [6.07, 6.45) is 2.34. The summed E-state index contributed by atoms with van der Waals surface area (Å²) in [7, 11) is 0. The maximum Gasteiger partial charge on any atom is 0.151 e. The molecule has 0 N–H and O–H groups in total. The first-order valence-corrected chi connectivity index (χ1v) is 5.84. The maximum absolute atomic E-state index is 5.68. The molecule has 0 aliphatic heterocycles. The fourth-order valence-corrected chi connectivity index (χ4v) is 1.66. The Morgan fingerprint density at radius 3 is 2.27 bits per heavy atom. The van der Waals surface area contributed by atoms with Gasteiger partial charge in [0, 0.05) is 6.54 Å². The van der Waals surface area contributed by atoms with Gasteiger partial charge >= 0.3 is 0 Å². The molecule has 0 saturated carbocycles. The monoisotopic (exact) mass is 227 g/mol. The molecule has 0 saturated heterocycles. The summed E-state index contributed by atoms with van der Waals surface area (Å²) in [5.41, 5.74) is 0.987. The summed E-state index contributed by atoms with van der Waals surface area (Å²) in [4.78, 5) is 2.39. The molecule has 15 heavy (non-hydrogen) atoms. The van der Waals surface area contributed by atoms with Gasteiger partial charge in [0.15, 0.2) is 5.15 Å². The molecule has 0 radical (unpaired) electrons. The number of nitrogens with zero attached hydrogens (tertiary/aromatic N) is 3. The lowest BCUT2D eigenvalue weighted by Gasteiger charge is -2.19. The van der Waals surface area contributed by atoms with Crippen molar-refractivity contribution in [3.8, 4) is 0 Å². The summed E-state index contributed by atoms with van der Waals surface area (Å²) in [5, 5.41) is 8.36. The minimum absolute atomic E-state index is 0.455. The van der Waals surface area contributed by atoms with E-state index >= 15 is 0 Å². The second-order valence-electron chi connectivity index (χ2n) is 3.62. The van der Waals surface area contributed by atoms with E-state index in [0.717, 1.165) is 25.3 Å².